The summed E-state index contributed by atoms with van der Waals surface area (Å²) in [5.74, 6) is -0.620. The van der Waals surface area contributed by atoms with E-state index in [4.69, 9.17) is 0 Å². The molecule has 0 spiro atoms. The molecule has 1 atom stereocenters. The molecule has 4 fully saturated rings. The van der Waals surface area contributed by atoms with Crippen molar-refractivity contribution >= 4 is 46.0 Å². The molecule has 18 heteroatoms. The van der Waals surface area contributed by atoms with Gasteiger partial charge in [-0.3, -0.25) is 38.6 Å². The van der Waals surface area contributed by atoms with Gasteiger partial charge in [-0.05, 0) is 91.6 Å². The minimum atomic E-state index is -0.612. The fraction of sp³-hybridized carbons (Fsp3) is 0.455. The first-order chi connectivity index (χ1) is 35.4. The van der Waals surface area contributed by atoms with Crippen molar-refractivity contribution in [1.29, 1.82) is 0 Å². The van der Waals surface area contributed by atoms with Gasteiger partial charge >= 0.3 is 0 Å². The number of nitrogens with zero attached hydrogens (tertiary/aromatic N) is 8. The van der Waals surface area contributed by atoms with Gasteiger partial charge in [-0.1, -0.05) is 55.5 Å². The van der Waals surface area contributed by atoms with Crippen LogP contribution in [0.25, 0.3) is 21.9 Å². The number of pyridine rings is 1. The Morgan fingerprint density at radius 2 is 1.47 bits per heavy atom. The number of aromatic amines is 1. The molecule has 0 saturated carbocycles. The number of fused-ring (bicyclic) bond motifs is 1. The predicted molar refractivity (Wildman–Crippen MR) is 276 cm³/mol. The molecule has 73 heavy (non-hydrogen) atoms. The Balaban J connectivity index is 0.718. The van der Waals surface area contributed by atoms with Gasteiger partial charge in [0.1, 0.15) is 5.82 Å². The normalized spacial score (nSPS) is 18.3. The maximum atomic E-state index is 15.1. The van der Waals surface area contributed by atoms with Crippen molar-refractivity contribution in [3.63, 3.8) is 0 Å². The van der Waals surface area contributed by atoms with E-state index in [1.807, 2.05) is 35.2 Å². The lowest BCUT2D eigenvalue weighted by molar-refractivity contribution is -0.134. The molecule has 2 aromatic heterocycles. The van der Waals surface area contributed by atoms with E-state index in [0.717, 1.165) is 69.5 Å². The average molecular weight is 996 g/mol. The van der Waals surface area contributed by atoms with Crippen LogP contribution < -0.4 is 16.2 Å². The number of H-pyrrole nitrogens is 1. The molecule has 3 N–H and O–H groups in total. The zero-order valence-corrected chi connectivity index (χ0v) is 41.9. The summed E-state index contributed by atoms with van der Waals surface area (Å²) in [6.07, 6.45) is 6.10. The van der Waals surface area contributed by atoms with Crippen LogP contribution in [0.15, 0.2) is 83.8 Å². The standard InChI is InChI=1S/C55H66FN11O6/c1-3-37-7-6-8-41(27-37)42-30-48(59-49(68)33-57-31-40-12-14-50(69)62(2)34-40)52(58-32-42)55(73)67-21-19-64(20-22-67)35-38-15-17-63(18-16-38)36-51(70)65-23-25-66(26-24-65)54(72)45-28-39(11-13-46(45)56)29-47-43-9-4-5-10-44(43)53(71)61-60-47/h4-11,13,27-28,30,32,38,40,57H,3,12,14-26,29,31,33-36H2,1-2H3,(H,59,68)(H,61,71). The summed E-state index contributed by atoms with van der Waals surface area (Å²) in [4.78, 5) is 95.1. The summed E-state index contributed by atoms with van der Waals surface area (Å²) >= 11 is 0. The Hall–Kier alpha value is -6.89. The maximum absolute atomic E-state index is 15.1. The molecular weight excluding hydrogens is 930 g/mol. The van der Waals surface area contributed by atoms with Gasteiger partial charge in [0.25, 0.3) is 17.4 Å². The van der Waals surface area contributed by atoms with Crippen molar-refractivity contribution in [2.75, 3.05) is 111 Å². The number of nitrogens with one attached hydrogen (secondary N) is 3. The number of amides is 5. The molecule has 9 rings (SSSR count). The molecule has 0 radical (unpaired) electrons. The van der Waals surface area contributed by atoms with Gasteiger partial charge in [-0.2, -0.15) is 5.10 Å². The fourth-order valence-electron chi connectivity index (χ4n) is 10.7. The number of rotatable bonds is 15. The highest BCUT2D eigenvalue weighted by atomic mass is 19.1. The van der Waals surface area contributed by atoms with Gasteiger partial charge < -0.3 is 30.2 Å². The molecule has 3 aromatic carbocycles. The zero-order valence-electron chi connectivity index (χ0n) is 41.9. The monoisotopic (exact) mass is 996 g/mol. The van der Waals surface area contributed by atoms with Crippen LogP contribution >= 0.6 is 0 Å². The van der Waals surface area contributed by atoms with Crippen molar-refractivity contribution < 1.29 is 28.4 Å². The highest BCUT2D eigenvalue weighted by Gasteiger charge is 2.31. The van der Waals surface area contributed by atoms with Crippen LogP contribution in [0.1, 0.15) is 70.3 Å². The lowest BCUT2D eigenvalue weighted by atomic mass is 9.96. The van der Waals surface area contributed by atoms with Crippen LogP contribution in [0.5, 0.6) is 0 Å². The van der Waals surface area contributed by atoms with Crippen LogP contribution in [0.2, 0.25) is 0 Å². The number of carbonyl (C=O) groups excluding carboxylic acids is 5. The van der Waals surface area contributed by atoms with Crippen LogP contribution in [0.4, 0.5) is 10.1 Å². The molecule has 1 unspecified atom stereocenters. The Labute approximate surface area is 425 Å². The minimum absolute atomic E-state index is 0.0249. The number of halogens is 1. The van der Waals surface area contributed by atoms with Crippen LogP contribution in [-0.4, -0.2) is 179 Å². The lowest BCUT2D eigenvalue weighted by Crippen LogP contribution is -2.53. The fourth-order valence-corrected chi connectivity index (χ4v) is 10.7. The van der Waals surface area contributed by atoms with E-state index in [0.29, 0.717) is 105 Å². The number of anilines is 1. The molecule has 6 heterocycles. The van der Waals surface area contributed by atoms with Crippen LogP contribution in [0, 0.1) is 17.7 Å². The number of hydrogen-bond acceptors (Lipinski definition) is 11. The van der Waals surface area contributed by atoms with E-state index >= 15 is 4.39 Å². The van der Waals surface area contributed by atoms with Crippen molar-refractivity contribution in [3.05, 3.63) is 123 Å². The van der Waals surface area contributed by atoms with E-state index in [9.17, 15) is 28.8 Å². The number of piperidine rings is 2. The molecule has 384 valence electrons. The minimum Gasteiger partial charge on any atom is -0.345 e. The number of carbonyl (C=O) groups is 5. The van der Waals surface area contributed by atoms with E-state index in [1.54, 1.807) is 52.2 Å². The molecule has 0 aliphatic carbocycles. The number of hydrogen-bond donors (Lipinski definition) is 3. The summed E-state index contributed by atoms with van der Waals surface area (Å²) in [6, 6.07) is 21.6. The largest absolute Gasteiger partial charge is 0.345 e. The smallest absolute Gasteiger partial charge is 0.274 e. The van der Waals surface area contributed by atoms with E-state index in [1.165, 1.54) is 11.6 Å². The first-order valence-corrected chi connectivity index (χ1v) is 25.8. The van der Waals surface area contributed by atoms with Crippen molar-refractivity contribution in [3.8, 4) is 11.1 Å². The third kappa shape index (κ3) is 12.5. The maximum Gasteiger partial charge on any atom is 0.274 e. The molecule has 5 amide bonds. The third-order valence-electron chi connectivity index (χ3n) is 15.0. The SMILES string of the molecule is CCc1cccc(-c2cnc(C(=O)N3CCN(CC4CCN(CC(=O)N5CCN(C(=O)c6cc(Cc7n[nH]c(=O)c8ccccc78)ccc6F)CC5)CC4)CC3)c(NC(=O)CNCC3CCC(=O)N(C)C3)c2)c1. The van der Waals surface area contributed by atoms with Gasteiger partial charge in [-0.25, -0.2) is 14.5 Å². The number of likely N-dealkylation sites (tertiary alicyclic amines) is 2. The van der Waals surface area contributed by atoms with Gasteiger partial charge in [0.2, 0.25) is 17.7 Å². The predicted octanol–water partition coefficient (Wildman–Crippen LogP) is 4.13. The summed E-state index contributed by atoms with van der Waals surface area (Å²) in [5.41, 5.74) is 4.53. The number of piperazine rings is 2. The Kier molecular flexibility index (Phi) is 16.3. The van der Waals surface area contributed by atoms with Gasteiger partial charge in [-0.15, -0.1) is 0 Å². The lowest BCUT2D eigenvalue weighted by Gasteiger charge is -2.39. The molecule has 4 saturated heterocycles. The quantitative estimate of drug-likeness (QED) is 0.137. The number of benzene rings is 3. The Bertz CT molecular complexity index is 2890. The number of aromatic nitrogens is 3. The second kappa shape index (κ2) is 23.3. The van der Waals surface area contributed by atoms with Gasteiger partial charge in [0.05, 0.1) is 35.4 Å². The van der Waals surface area contributed by atoms with E-state index in [2.05, 4.69) is 54.7 Å². The third-order valence-corrected chi connectivity index (χ3v) is 15.0. The molecule has 4 aliphatic rings. The van der Waals surface area contributed by atoms with Crippen molar-refractivity contribution in [2.24, 2.45) is 11.8 Å². The first kappa shape index (κ1) is 51.0. The van der Waals surface area contributed by atoms with E-state index in [-0.39, 0.29) is 52.9 Å². The van der Waals surface area contributed by atoms with Crippen LogP contribution in [-0.2, 0) is 27.2 Å². The topological polar surface area (TPSA) is 187 Å². The zero-order chi connectivity index (χ0) is 51.0. The molecular formula is C55H66FN11O6. The van der Waals surface area contributed by atoms with Gasteiger partial charge in [0, 0.05) is 109 Å². The summed E-state index contributed by atoms with van der Waals surface area (Å²) < 4.78 is 15.1. The molecule has 4 aliphatic heterocycles. The summed E-state index contributed by atoms with van der Waals surface area (Å²) in [6.45, 7) is 10.1. The summed E-state index contributed by atoms with van der Waals surface area (Å²) in [7, 11) is 1.81. The second-order valence-corrected chi connectivity index (χ2v) is 20.1. The highest BCUT2D eigenvalue weighted by molar-refractivity contribution is 6.03. The Morgan fingerprint density at radius 3 is 2.22 bits per heavy atom. The highest BCUT2D eigenvalue weighted by Crippen LogP contribution is 2.28. The molecule has 0 bridgehead atoms. The number of aryl methyl sites for hydroxylation is 1. The molecule has 17 nitrogen and oxygen atoms in total. The second-order valence-electron chi connectivity index (χ2n) is 20.1. The summed E-state index contributed by atoms with van der Waals surface area (Å²) in [5, 5.41) is 14.2. The first-order valence-electron chi connectivity index (χ1n) is 25.8. The van der Waals surface area contributed by atoms with Crippen molar-refractivity contribution in [2.45, 2.75) is 45.4 Å². The molecule has 5 aromatic rings. The van der Waals surface area contributed by atoms with Crippen LogP contribution in [0.3, 0.4) is 0 Å². The average Bonchev–Trinajstić information content (AvgIpc) is 3.41. The van der Waals surface area contributed by atoms with E-state index < -0.39 is 11.7 Å². The van der Waals surface area contributed by atoms with Gasteiger partial charge in [0.15, 0.2) is 5.69 Å². The Morgan fingerprint density at radius 1 is 0.740 bits per heavy atom. The van der Waals surface area contributed by atoms with Crippen molar-refractivity contribution in [1.82, 2.24) is 49.9 Å².